The largest absolute Gasteiger partial charge is 0.494 e. The van der Waals surface area contributed by atoms with Gasteiger partial charge in [0, 0.05) is 38.8 Å². The van der Waals surface area contributed by atoms with E-state index in [4.69, 9.17) is 4.74 Å². The van der Waals surface area contributed by atoms with E-state index in [0.29, 0.717) is 37.3 Å². The van der Waals surface area contributed by atoms with Gasteiger partial charge in [-0.3, -0.25) is 9.59 Å². The fraction of sp³-hybridized carbons (Fsp3) is 0.407. The van der Waals surface area contributed by atoms with Gasteiger partial charge in [-0.2, -0.15) is 0 Å². The van der Waals surface area contributed by atoms with Gasteiger partial charge in [-0.05, 0) is 49.4 Å². The minimum Gasteiger partial charge on any atom is -0.494 e. The molecule has 1 heterocycles. The molecule has 1 aliphatic heterocycles. The van der Waals surface area contributed by atoms with E-state index in [-0.39, 0.29) is 17.9 Å². The van der Waals surface area contributed by atoms with Gasteiger partial charge in [0.2, 0.25) is 0 Å². The Morgan fingerprint density at radius 3 is 2.64 bits per heavy atom. The number of nitrogens with one attached hydrogen (secondary N) is 1. The lowest BCUT2D eigenvalue weighted by atomic mass is 10.0. The maximum Gasteiger partial charge on any atom is 0.267 e. The molecule has 3 rings (SSSR count). The van der Waals surface area contributed by atoms with Gasteiger partial charge in [0.15, 0.2) is 0 Å². The second-order valence-corrected chi connectivity index (χ2v) is 8.48. The molecule has 0 saturated carbocycles. The predicted octanol–water partition coefficient (Wildman–Crippen LogP) is 3.88. The van der Waals surface area contributed by atoms with E-state index < -0.39 is 0 Å². The number of hydrogen-bond donors (Lipinski definition) is 1. The van der Waals surface area contributed by atoms with Crippen LogP contribution in [0.5, 0.6) is 5.75 Å². The van der Waals surface area contributed by atoms with E-state index >= 15 is 0 Å². The molecule has 0 aromatic heterocycles. The zero-order valence-corrected chi connectivity index (χ0v) is 19.9. The Balaban J connectivity index is 1.68. The second-order valence-electron chi connectivity index (χ2n) is 8.48. The smallest absolute Gasteiger partial charge is 0.267 e. The molecule has 2 aromatic rings. The van der Waals surface area contributed by atoms with Crippen LogP contribution < -0.4 is 10.1 Å². The molecule has 1 aliphatic rings. The lowest BCUT2D eigenvalue weighted by Crippen LogP contribution is -2.41. The van der Waals surface area contributed by atoms with Crippen molar-refractivity contribution in [3.05, 3.63) is 77.5 Å². The van der Waals surface area contributed by atoms with Gasteiger partial charge in [0.1, 0.15) is 5.75 Å². The lowest BCUT2D eigenvalue weighted by Gasteiger charge is -2.29. The molecule has 0 radical (unpaired) electrons. The molecule has 6 nitrogen and oxygen atoms in total. The average Bonchev–Trinajstić information content (AvgIpc) is 3.28. The maximum absolute atomic E-state index is 13.3. The van der Waals surface area contributed by atoms with Crippen LogP contribution in [0.3, 0.4) is 0 Å². The van der Waals surface area contributed by atoms with Crippen LogP contribution in [0.2, 0.25) is 0 Å². The molecular weight excluding hydrogens is 414 g/mol. The lowest BCUT2D eigenvalue weighted by molar-refractivity contribution is -0.118. The molecule has 0 fully saturated rings. The van der Waals surface area contributed by atoms with Gasteiger partial charge in [-0.15, -0.1) is 0 Å². The van der Waals surface area contributed by atoms with E-state index in [1.165, 1.54) is 0 Å². The molecular formula is C27H35N3O3. The Hall–Kier alpha value is -3.28. The van der Waals surface area contributed by atoms with Crippen molar-refractivity contribution < 1.29 is 14.3 Å². The van der Waals surface area contributed by atoms with E-state index in [1.54, 1.807) is 11.0 Å². The number of ether oxygens (including phenoxy) is 1. The number of carbonyl (C=O) groups is 2. The summed E-state index contributed by atoms with van der Waals surface area (Å²) in [6, 6.07) is 17.4. The summed E-state index contributed by atoms with van der Waals surface area (Å²) < 4.78 is 5.70. The summed E-state index contributed by atoms with van der Waals surface area (Å²) in [5.41, 5.74) is 2.49. The normalized spacial score (nSPS) is 13.9. The zero-order valence-electron chi connectivity index (χ0n) is 19.9. The minimum absolute atomic E-state index is 0.0526. The van der Waals surface area contributed by atoms with Crippen LogP contribution in [-0.2, 0) is 11.2 Å². The topological polar surface area (TPSA) is 61.9 Å². The van der Waals surface area contributed by atoms with Gasteiger partial charge < -0.3 is 19.9 Å². The molecule has 2 aromatic carbocycles. The van der Waals surface area contributed by atoms with Gasteiger partial charge in [-0.25, -0.2) is 0 Å². The van der Waals surface area contributed by atoms with Crippen molar-refractivity contribution in [3.63, 3.8) is 0 Å². The van der Waals surface area contributed by atoms with E-state index in [9.17, 15) is 9.59 Å². The zero-order chi connectivity index (χ0) is 23.6. The van der Waals surface area contributed by atoms with Gasteiger partial charge in [0.25, 0.3) is 11.8 Å². The molecule has 0 aliphatic carbocycles. The summed E-state index contributed by atoms with van der Waals surface area (Å²) in [7, 11) is 3.77. The Morgan fingerprint density at radius 2 is 1.94 bits per heavy atom. The van der Waals surface area contributed by atoms with E-state index in [1.807, 2.05) is 61.5 Å². The number of amides is 2. The summed E-state index contributed by atoms with van der Waals surface area (Å²) in [6.45, 7) is 4.04. The standard InChI is InChI=1S/C27H35N3O3/c1-4-18-33-24-13-8-12-22(20-24)27(32)30(3)23(19-21-10-6-5-7-11-21)15-16-28-26(31)25-14-9-17-29(25)2/h5-8,10-14,20,23H,4,9,15-19H2,1-3H3,(H,28,31)/t23-/m1/s1. The van der Waals surface area contributed by atoms with Crippen LogP contribution in [0.15, 0.2) is 66.4 Å². The highest BCUT2D eigenvalue weighted by Gasteiger charge is 2.23. The van der Waals surface area contributed by atoms with Crippen LogP contribution in [0.25, 0.3) is 0 Å². The maximum atomic E-state index is 13.3. The number of hydrogen-bond acceptors (Lipinski definition) is 4. The molecule has 0 spiro atoms. The number of rotatable bonds is 11. The molecule has 0 bridgehead atoms. The highest BCUT2D eigenvalue weighted by molar-refractivity contribution is 5.95. The third-order valence-corrected chi connectivity index (χ3v) is 5.95. The van der Waals surface area contributed by atoms with Crippen LogP contribution in [0.1, 0.15) is 42.1 Å². The minimum atomic E-state index is -0.0595. The molecule has 0 unspecified atom stereocenters. The first kappa shape index (κ1) is 24.4. The predicted molar refractivity (Wildman–Crippen MR) is 131 cm³/mol. The summed E-state index contributed by atoms with van der Waals surface area (Å²) in [4.78, 5) is 29.6. The molecule has 1 N–H and O–H groups in total. The number of benzene rings is 2. The molecule has 2 amide bonds. The number of nitrogens with zero attached hydrogens (tertiary/aromatic N) is 2. The van der Waals surface area contributed by atoms with Crippen molar-refractivity contribution in [3.8, 4) is 5.75 Å². The van der Waals surface area contributed by atoms with E-state index in [0.717, 1.165) is 30.6 Å². The molecule has 33 heavy (non-hydrogen) atoms. The Morgan fingerprint density at radius 1 is 1.15 bits per heavy atom. The highest BCUT2D eigenvalue weighted by Crippen LogP contribution is 2.19. The fourth-order valence-electron chi connectivity index (χ4n) is 4.01. The van der Waals surface area contributed by atoms with Crippen molar-refractivity contribution in [2.24, 2.45) is 0 Å². The van der Waals surface area contributed by atoms with Crippen molar-refractivity contribution >= 4 is 11.8 Å². The van der Waals surface area contributed by atoms with Crippen LogP contribution in [-0.4, -0.2) is 61.4 Å². The van der Waals surface area contributed by atoms with Crippen molar-refractivity contribution in [1.29, 1.82) is 0 Å². The van der Waals surface area contributed by atoms with Crippen molar-refractivity contribution in [2.75, 3.05) is 33.8 Å². The first-order valence-electron chi connectivity index (χ1n) is 11.7. The summed E-state index contributed by atoms with van der Waals surface area (Å²) in [5.74, 6) is 0.600. The summed E-state index contributed by atoms with van der Waals surface area (Å²) in [6.07, 6.45) is 5.16. The van der Waals surface area contributed by atoms with Crippen LogP contribution in [0, 0.1) is 0 Å². The molecule has 0 saturated heterocycles. The second kappa shape index (κ2) is 12.1. The van der Waals surface area contributed by atoms with Crippen molar-refractivity contribution in [1.82, 2.24) is 15.1 Å². The fourth-order valence-corrected chi connectivity index (χ4v) is 4.01. The average molecular weight is 450 g/mol. The van der Waals surface area contributed by atoms with Crippen LogP contribution >= 0.6 is 0 Å². The Labute approximate surface area is 197 Å². The first-order valence-corrected chi connectivity index (χ1v) is 11.7. The Kier molecular flexibility index (Phi) is 8.93. The Bertz CT molecular complexity index is 958. The SMILES string of the molecule is CCCOc1cccc(C(=O)N(C)[C@H](CCNC(=O)C2=CCCN2C)Cc2ccccc2)c1. The molecule has 6 heteroatoms. The number of carbonyl (C=O) groups excluding carboxylic acids is 2. The van der Waals surface area contributed by atoms with E-state index in [2.05, 4.69) is 24.4 Å². The third-order valence-electron chi connectivity index (χ3n) is 5.95. The quantitative estimate of drug-likeness (QED) is 0.566. The van der Waals surface area contributed by atoms with Crippen molar-refractivity contribution in [2.45, 2.75) is 38.6 Å². The van der Waals surface area contributed by atoms with Crippen LogP contribution in [0.4, 0.5) is 0 Å². The third kappa shape index (κ3) is 6.85. The summed E-state index contributed by atoms with van der Waals surface area (Å²) in [5, 5.41) is 3.03. The monoisotopic (exact) mass is 449 g/mol. The van der Waals surface area contributed by atoms with Gasteiger partial charge >= 0.3 is 0 Å². The van der Waals surface area contributed by atoms with Gasteiger partial charge in [0.05, 0.1) is 12.3 Å². The highest BCUT2D eigenvalue weighted by atomic mass is 16.5. The number of likely N-dealkylation sites (N-methyl/N-ethyl adjacent to an activating group) is 2. The summed E-state index contributed by atoms with van der Waals surface area (Å²) >= 11 is 0. The van der Waals surface area contributed by atoms with Gasteiger partial charge in [-0.1, -0.05) is 49.4 Å². The molecule has 1 atom stereocenters. The first-order chi connectivity index (χ1) is 16.0. The molecule has 176 valence electrons.